The minimum atomic E-state index is 0. The molecule has 7 heteroatoms. The van der Waals surface area contributed by atoms with Crippen LogP contribution in [0.1, 0.15) is 18.1 Å². The molecule has 0 saturated heterocycles. The van der Waals surface area contributed by atoms with Crippen LogP contribution in [-0.2, 0) is 17.8 Å². The fourth-order valence-electron chi connectivity index (χ4n) is 2.46. The quantitative estimate of drug-likeness (QED) is 0.227. The third-order valence-corrected chi connectivity index (χ3v) is 3.81. The van der Waals surface area contributed by atoms with Crippen molar-refractivity contribution in [3.8, 4) is 11.5 Å². The molecule has 6 nitrogen and oxygen atoms in total. The monoisotopic (exact) mass is 499 g/mol. The lowest BCUT2D eigenvalue weighted by Gasteiger charge is -2.12. The molecule has 0 spiro atoms. The Kier molecular flexibility index (Phi) is 12.1. The van der Waals surface area contributed by atoms with Gasteiger partial charge in [-0.15, -0.1) is 24.0 Å². The molecule has 0 aliphatic rings. The highest BCUT2D eigenvalue weighted by molar-refractivity contribution is 14.0. The zero-order valence-electron chi connectivity index (χ0n) is 16.7. The van der Waals surface area contributed by atoms with Crippen LogP contribution < -0.4 is 20.1 Å². The molecular weight excluding hydrogens is 469 g/mol. The summed E-state index contributed by atoms with van der Waals surface area (Å²) in [5, 5.41) is 6.62. The molecule has 2 rings (SSSR count). The maximum absolute atomic E-state index is 5.65. The molecule has 2 N–H and O–H groups in total. The normalized spacial score (nSPS) is 10.8. The largest absolute Gasteiger partial charge is 0.497 e. The predicted octanol–water partition coefficient (Wildman–Crippen LogP) is 3.59. The van der Waals surface area contributed by atoms with Crippen molar-refractivity contribution in [3.63, 3.8) is 0 Å². The molecule has 0 fully saturated rings. The van der Waals surface area contributed by atoms with Crippen molar-refractivity contribution in [2.75, 3.05) is 34.0 Å². The molecule has 0 amide bonds. The highest BCUT2D eigenvalue weighted by Crippen LogP contribution is 2.14. The van der Waals surface area contributed by atoms with E-state index in [1.807, 2.05) is 49.4 Å². The summed E-state index contributed by atoms with van der Waals surface area (Å²) >= 11 is 0. The van der Waals surface area contributed by atoms with E-state index in [1.165, 1.54) is 0 Å². The number of hydrogen-bond acceptors (Lipinski definition) is 4. The van der Waals surface area contributed by atoms with E-state index in [9.17, 15) is 0 Å². The average Bonchev–Trinajstić information content (AvgIpc) is 2.71. The molecule has 0 atom stereocenters. The summed E-state index contributed by atoms with van der Waals surface area (Å²) in [6.45, 7) is 5.18. The molecule has 28 heavy (non-hydrogen) atoms. The van der Waals surface area contributed by atoms with E-state index in [4.69, 9.17) is 14.2 Å². The number of halogens is 1. The molecule has 2 aromatic rings. The number of benzene rings is 2. The van der Waals surface area contributed by atoms with Gasteiger partial charge in [0.15, 0.2) is 5.96 Å². The van der Waals surface area contributed by atoms with Crippen molar-refractivity contribution >= 4 is 29.9 Å². The lowest BCUT2D eigenvalue weighted by atomic mass is 10.2. The Bertz CT molecular complexity index is 726. The van der Waals surface area contributed by atoms with Crippen LogP contribution in [0.25, 0.3) is 0 Å². The Balaban J connectivity index is 0.00000392. The predicted molar refractivity (Wildman–Crippen MR) is 124 cm³/mol. The first-order valence-corrected chi connectivity index (χ1v) is 9.11. The van der Waals surface area contributed by atoms with Gasteiger partial charge in [-0.2, -0.15) is 0 Å². The van der Waals surface area contributed by atoms with Crippen molar-refractivity contribution in [1.29, 1.82) is 0 Å². The highest BCUT2D eigenvalue weighted by atomic mass is 127. The number of guanidine groups is 1. The average molecular weight is 499 g/mol. The second-order valence-corrected chi connectivity index (χ2v) is 5.89. The first-order valence-electron chi connectivity index (χ1n) is 9.11. The van der Waals surface area contributed by atoms with Gasteiger partial charge >= 0.3 is 0 Å². The number of nitrogens with one attached hydrogen (secondary N) is 2. The summed E-state index contributed by atoms with van der Waals surface area (Å²) in [6, 6.07) is 15.9. The van der Waals surface area contributed by atoms with E-state index < -0.39 is 0 Å². The number of methoxy groups -OCH3 is 2. The third-order valence-electron chi connectivity index (χ3n) is 3.81. The zero-order valence-corrected chi connectivity index (χ0v) is 19.1. The van der Waals surface area contributed by atoms with Crippen LogP contribution in [0.15, 0.2) is 53.5 Å². The number of nitrogens with zero attached hydrogens (tertiary/aromatic N) is 1. The Hall–Kier alpha value is -2.00. The van der Waals surface area contributed by atoms with E-state index in [0.29, 0.717) is 26.3 Å². The summed E-state index contributed by atoms with van der Waals surface area (Å²) in [5.41, 5.74) is 2.22. The first-order chi connectivity index (χ1) is 13.2. The molecule has 0 saturated carbocycles. The fourth-order valence-corrected chi connectivity index (χ4v) is 2.46. The van der Waals surface area contributed by atoms with Gasteiger partial charge in [-0.3, -0.25) is 0 Å². The minimum Gasteiger partial charge on any atom is -0.497 e. The maximum atomic E-state index is 5.65. The van der Waals surface area contributed by atoms with Crippen LogP contribution in [0, 0.1) is 0 Å². The van der Waals surface area contributed by atoms with Gasteiger partial charge in [0.05, 0.1) is 20.3 Å². The van der Waals surface area contributed by atoms with E-state index in [-0.39, 0.29) is 24.0 Å². The van der Waals surface area contributed by atoms with E-state index in [0.717, 1.165) is 35.1 Å². The molecule has 0 radical (unpaired) electrons. The number of rotatable bonds is 10. The van der Waals surface area contributed by atoms with Gasteiger partial charge in [-0.25, -0.2) is 4.99 Å². The standard InChI is InChI=1S/C21H29N3O3.HI/c1-4-22-21(23-15-17-7-5-9-19(13-17)26-3)24-16-18-8-6-10-20(14-18)27-12-11-25-2;/h5-10,13-14H,4,11-12,15-16H2,1-3H3,(H2,22,23,24);1H. The molecule has 0 aliphatic carbocycles. The van der Waals surface area contributed by atoms with Crippen LogP contribution in [0.2, 0.25) is 0 Å². The van der Waals surface area contributed by atoms with Crippen LogP contribution in [-0.4, -0.2) is 39.9 Å². The topological polar surface area (TPSA) is 64.1 Å². The van der Waals surface area contributed by atoms with E-state index >= 15 is 0 Å². The Morgan fingerprint density at radius 3 is 2.36 bits per heavy atom. The number of aliphatic imine (C=N–C) groups is 1. The summed E-state index contributed by atoms with van der Waals surface area (Å²) in [7, 11) is 3.33. The molecule has 0 aliphatic heterocycles. The Morgan fingerprint density at radius 2 is 1.64 bits per heavy atom. The van der Waals surface area contributed by atoms with E-state index in [1.54, 1.807) is 14.2 Å². The van der Waals surface area contributed by atoms with Crippen molar-refractivity contribution in [1.82, 2.24) is 10.6 Å². The lowest BCUT2D eigenvalue weighted by Crippen LogP contribution is -2.36. The van der Waals surface area contributed by atoms with Crippen LogP contribution in [0.4, 0.5) is 0 Å². The molecule has 0 unspecified atom stereocenters. The third kappa shape index (κ3) is 8.79. The second kappa shape index (κ2) is 14.1. The van der Waals surface area contributed by atoms with Crippen LogP contribution >= 0.6 is 24.0 Å². The maximum Gasteiger partial charge on any atom is 0.191 e. The molecule has 0 bridgehead atoms. The van der Waals surface area contributed by atoms with Gasteiger partial charge in [0.25, 0.3) is 0 Å². The van der Waals surface area contributed by atoms with Gasteiger partial charge < -0.3 is 24.8 Å². The molecule has 154 valence electrons. The molecule has 2 aromatic carbocycles. The Labute approximate surface area is 184 Å². The fraction of sp³-hybridized carbons (Fsp3) is 0.381. The first kappa shape index (κ1) is 24.0. The Morgan fingerprint density at radius 1 is 0.929 bits per heavy atom. The van der Waals surface area contributed by atoms with Crippen molar-refractivity contribution in [3.05, 3.63) is 59.7 Å². The lowest BCUT2D eigenvalue weighted by molar-refractivity contribution is 0.146. The molecular formula is C21H30IN3O3. The minimum absolute atomic E-state index is 0. The van der Waals surface area contributed by atoms with Crippen molar-refractivity contribution in [2.45, 2.75) is 20.0 Å². The summed E-state index contributed by atoms with van der Waals surface area (Å²) in [6.07, 6.45) is 0. The summed E-state index contributed by atoms with van der Waals surface area (Å²) < 4.78 is 15.9. The van der Waals surface area contributed by atoms with Crippen molar-refractivity contribution < 1.29 is 14.2 Å². The molecule has 0 heterocycles. The van der Waals surface area contributed by atoms with E-state index in [2.05, 4.69) is 21.7 Å². The highest BCUT2D eigenvalue weighted by Gasteiger charge is 2.01. The second-order valence-electron chi connectivity index (χ2n) is 5.89. The van der Waals surface area contributed by atoms with Crippen molar-refractivity contribution in [2.24, 2.45) is 4.99 Å². The van der Waals surface area contributed by atoms with Gasteiger partial charge in [0, 0.05) is 20.2 Å². The smallest absolute Gasteiger partial charge is 0.191 e. The number of ether oxygens (including phenoxy) is 3. The summed E-state index contributed by atoms with van der Waals surface area (Å²) in [5.74, 6) is 2.45. The van der Waals surface area contributed by atoms with Crippen LogP contribution in [0.3, 0.4) is 0 Å². The number of hydrogen-bond donors (Lipinski definition) is 2. The van der Waals surface area contributed by atoms with Gasteiger partial charge in [-0.1, -0.05) is 24.3 Å². The van der Waals surface area contributed by atoms with Gasteiger partial charge in [-0.05, 0) is 42.3 Å². The van der Waals surface area contributed by atoms with Gasteiger partial charge in [0.1, 0.15) is 18.1 Å². The summed E-state index contributed by atoms with van der Waals surface area (Å²) in [4.78, 5) is 4.66. The molecule has 0 aromatic heterocycles. The zero-order chi connectivity index (χ0) is 19.3. The van der Waals surface area contributed by atoms with Gasteiger partial charge in [0.2, 0.25) is 0 Å². The SMILES string of the molecule is CCNC(=NCc1cccc(OCCOC)c1)NCc1cccc(OC)c1.I. The van der Waals surface area contributed by atoms with Crippen LogP contribution in [0.5, 0.6) is 11.5 Å².